The lowest BCUT2D eigenvalue weighted by Gasteiger charge is -2.20. The summed E-state index contributed by atoms with van der Waals surface area (Å²) < 4.78 is 66.9. The van der Waals surface area contributed by atoms with Crippen molar-refractivity contribution in [3.63, 3.8) is 0 Å². The van der Waals surface area contributed by atoms with E-state index in [0.29, 0.717) is 6.42 Å². The molecule has 1 unspecified atom stereocenters. The van der Waals surface area contributed by atoms with Gasteiger partial charge in [0, 0.05) is 0 Å². The summed E-state index contributed by atoms with van der Waals surface area (Å²) in [6.07, 6.45) is 11.7. The van der Waals surface area contributed by atoms with E-state index in [4.69, 9.17) is 4.74 Å². The first-order valence-electron chi connectivity index (χ1n) is 12.0. The van der Waals surface area contributed by atoms with E-state index < -0.39 is 30.0 Å². The van der Waals surface area contributed by atoms with Crippen molar-refractivity contribution in [1.29, 1.82) is 0 Å². The third-order valence-corrected chi connectivity index (χ3v) is 5.33. The Kier molecular flexibility index (Phi) is 16.4. The minimum absolute atomic E-state index is 0.0347. The average molecular weight is 474 g/mol. The van der Waals surface area contributed by atoms with Crippen LogP contribution in [0.15, 0.2) is 0 Å². The molecule has 0 aliphatic rings. The molecular formula is C23H40F5NO3. The third kappa shape index (κ3) is 13.9. The number of rotatable bonds is 19. The second kappa shape index (κ2) is 17.1. The van der Waals surface area contributed by atoms with Gasteiger partial charge in [-0.15, -0.1) is 0 Å². The monoisotopic (exact) mass is 473 g/mol. The molecule has 0 aliphatic heterocycles. The number of carbonyl (C=O) groups is 2. The van der Waals surface area contributed by atoms with Gasteiger partial charge >= 0.3 is 24.0 Å². The molecule has 9 heteroatoms. The van der Waals surface area contributed by atoms with Gasteiger partial charge in [0.25, 0.3) is 0 Å². The Morgan fingerprint density at radius 3 is 1.47 bits per heavy atom. The van der Waals surface area contributed by atoms with Gasteiger partial charge in [-0.25, -0.2) is 4.79 Å². The van der Waals surface area contributed by atoms with E-state index >= 15 is 0 Å². The number of carbonyl (C=O) groups excluding carboxylic acids is 2. The predicted molar refractivity (Wildman–Crippen MR) is 114 cm³/mol. The van der Waals surface area contributed by atoms with Gasteiger partial charge in [0.15, 0.2) is 0 Å². The van der Waals surface area contributed by atoms with Crippen molar-refractivity contribution in [2.24, 2.45) is 0 Å². The molecule has 0 bridgehead atoms. The van der Waals surface area contributed by atoms with Crippen LogP contribution < -0.4 is 5.32 Å². The molecule has 4 nitrogen and oxygen atoms in total. The Labute approximate surface area is 189 Å². The molecule has 32 heavy (non-hydrogen) atoms. The van der Waals surface area contributed by atoms with E-state index in [1.807, 2.05) is 0 Å². The topological polar surface area (TPSA) is 55.4 Å². The Hall–Kier alpha value is -1.41. The molecule has 0 rings (SSSR count). The van der Waals surface area contributed by atoms with Crippen LogP contribution in [0.2, 0.25) is 0 Å². The van der Waals surface area contributed by atoms with Crippen LogP contribution in [0.1, 0.15) is 110 Å². The maximum Gasteiger partial charge on any atom is 0.463 e. The van der Waals surface area contributed by atoms with Crippen molar-refractivity contribution in [1.82, 2.24) is 5.32 Å². The highest BCUT2D eigenvalue weighted by atomic mass is 19.4. The quantitative estimate of drug-likeness (QED) is 0.124. The van der Waals surface area contributed by atoms with Crippen LogP contribution in [0.25, 0.3) is 0 Å². The molecule has 1 N–H and O–H groups in total. The lowest BCUT2D eigenvalue weighted by atomic mass is 10.0. The molecule has 0 spiro atoms. The van der Waals surface area contributed by atoms with Crippen LogP contribution >= 0.6 is 0 Å². The molecule has 0 aromatic rings. The summed E-state index contributed by atoms with van der Waals surface area (Å²) in [4.78, 5) is 22.7. The zero-order chi connectivity index (χ0) is 24.5. The zero-order valence-electron chi connectivity index (χ0n) is 19.5. The number of alkyl halides is 5. The fraction of sp³-hybridized carbons (Fsp3) is 0.913. The lowest BCUT2D eigenvalue weighted by molar-refractivity contribution is -0.270. The predicted octanol–water partition coefficient (Wildman–Crippen LogP) is 7.10. The van der Waals surface area contributed by atoms with Crippen molar-refractivity contribution in [2.75, 3.05) is 6.61 Å². The van der Waals surface area contributed by atoms with Crippen molar-refractivity contribution < 1.29 is 36.3 Å². The molecule has 0 saturated carbocycles. The van der Waals surface area contributed by atoms with E-state index in [0.717, 1.165) is 32.6 Å². The number of nitrogens with one attached hydrogen (secondary N) is 1. The number of hydrogen-bond donors (Lipinski definition) is 1. The van der Waals surface area contributed by atoms with Gasteiger partial charge < -0.3 is 10.1 Å². The summed E-state index contributed by atoms with van der Waals surface area (Å²) in [6, 6.07) is -1.59. The van der Waals surface area contributed by atoms with Crippen molar-refractivity contribution >= 4 is 11.9 Å². The van der Waals surface area contributed by atoms with Gasteiger partial charge in [0.1, 0.15) is 6.04 Å². The van der Waals surface area contributed by atoms with E-state index in [1.54, 1.807) is 0 Å². The van der Waals surface area contributed by atoms with Gasteiger partial charge in [0.05, 0.1) is 6.61 Å². The van der Waals surface area contributed by atoms with Gasteiger partial charge in [-0.2, -0.15) is 22.0 Å². The first-order valence-corrected chi connectivity index (χ1v) is 12.0. The number of hydrogen-bond acceptors (Lipinski definition) is 3. The van der Waals surface area contributed by atoms with Gasteiger partial charge in [-0.05, 0) is 13.3 Å². The van der Waals surface area contributed by atoms with Crippen LogP contribution in [-0.4, -0.2) is 36.6 Å². The smallest absolute Gasteiger partial charge is 0.463 e. The summed E-state index contributed by atoms with van der Waals surface area (Å²) in [7, 11) is 0. The molecule has 0 aliphatic carbocycles. The molecule has 0 aromatic heterocycles. The first kappa shape index (κ1) is 30.6. The summed E-state index contributed by atoms with van der Waals surface area (Å²) in [6.45, 7) is 3.26. The van der Waals surface area contributed by atoms with Gasteiger partial charge in [-0.1, -0.05) is 96.8 Å². The third-order valence-electron chi connectivity index (χ3n) is 5.33. The SMILES string of the molecule is CCCCCCCCCCCCCCCCCOC(=O)C(C)NC(=O)C(F)(F)C(F)(F)F. The fourth-order valence-corrected chi connectivity index (χ4v) is 3.25. The number of unbranched alkanes of at least 4 members (excludes halogenated alkanes) is 14. The molecule has 0 fully saturated rings. The first-order chi connectivity index (χ1) is 15.0. The lowest BCUT2D eigenvalue weighted by Crippen LogP contribution is -2.54. The maximum absolute atomic E-state index is 12.9. The van der Waals surface area contributed by atoms with E-state index in [1.165, 1.54) is 69.5 Å². The van der Waals surface area contributed by atoms with E-state index in [9.17, 15) is 31.5 Å². The van der Waals surface area contributed by atoms with Gasteiger partial charge in [-0.3, -0.25) is 4.79 Å². The Morgan fingerprint density at radius 2 is 1.09 bits per heavy atom. The normalized spacial score (nSPS) is 13.1. The molecule has 1 atom stereocenters. The molecule has 1 amide bonds. The van der Waals surface area contributed by atoms with Crippen LogP contribution in [-0.2, 0) is 14.3 Å². The Balaban J connectivity index is 3.61. The zero-order valence-corrected chi connectivity index (χ0v) is 19.5. The number of halogens is 5. The number of esters is 1. The molecule has 0 radical (unpaired) electrons. The Morgan fingerprint density at radius 1 is 0.719 bits per heavy atom. The number of amides is 1. The van der Waals surface area contributed by atoms with E-state index in [2.05, 4.69) is 6.92 Å². The largest absolute Gasteiger partial charge is 0.464 e. The van der Waals surface area contributed by atoms with Crippen LogP contribution in [0.3, 0.4) is 0 Å². The van der Waals surface area contributed by atoms with Crippen LogP contribution in [0, 0.1) is 0 Å². The molecule has 0 saturated heterocycles. The number of ether oxygens (including phenoxy) is 1. The fourth-order valence-electron chi connectivity index (χ4n) is 3.25. The van der Waals surface area contributed by atoms with Crippen molar-refractivity contribution in [3.8, 4) is 0 Å². The van der Waals surface area contributed by atoms with Crippen LogP contribution in [0.5, 0.6) is 0 Å². The molecular weight excluding hydrogens is 433 g/mol. The highest BCUT2D eigenvalue weighted by Gasteiger charge is 2.63. The summed E-state index contributed by atoms with van der Waals surface area (Å²) >= 11 is 0. The molecule has 190 valence electrons. The second-order valence-electron chi connectivity index (χ2n) is 8.38. The maximum atomic E-state index is 12.9. The second-order valence-corrected chi connectivity index (χ2v) is 8.38. The highest BCUT2D eigenvalue weighted by molar-refractivity contribution is 5.89. The summed E-state index contributed by atoms with van der Waals surface area (Å²) in [5.41, 5.74) is 0. The minimum Gasteiger partial charge on any atom is -0.464 e. The Bertz CT molecular complexity index is 512. The standard InChI is InChI=1S/C23H40F5NO3/c1-3-4-5-6-7-8-9-10-11-12-13-14-15-16-17-18-32-20(30)19(2)29-21(31)22(24,25)23(26,27)28/h19H,3-18H2,1-2H3,(H,29,31). The minimum atomic E-state index is -6.02. The summed E-state index contributed by atoms with van der Waals surface area (Å²) in [5.74, 6) is -9.17. The summed E-state index contributed by atoms with van der Waals surface area (Å²) in [5, 5.41) is 1.35. The van der Waals surface area contributed by atoms with Crippen molar-refractivity contribution in [3.05, 3.63) is 0 Å². The van der Waals surface area contributed by atoms with Crippen LogP contribution in [0.4, 0.5) is 22.0 Å². The highest BCUT2D eigenvalue weighted by Crippen LogP contribution is 2.35. The van der Waals surface area contributed by atoms with E-state index in [-0.39, 0.29) is 6.61 Å². The average Bonchev–Trinajstić information content (AvgIpc) is 2.72. The van der Waals surface area contributed by atoms with Crippen molar-refractivity contribution in [2.45, 2.75) is 128 Å². The molecule has 0 heterocycles. The molecule has 0 aromatic carbocycles. The van der Waals surface area contributed by atoms with Gasteiger partial charge in [0.2, 0.25) is 0 Å².